The lowest BCUT2D eigenvalue weighted by Gasteiger charge is -2.30. The number of sulfone groups is 1. The predicted molar refractivity (Wildman–Crippen MR) is 147 cm³/mol. The number of nitrogens with two attached hydrogens (primary N) is 1. The highest BCUT2D eigenvalue weighted by Gasteiger charge is 2.49. The highest BCUT2D eigenvalue weighted by molar-refractivity contribution is 7.92. The Hall–Kier alpha value is -3.10. The van der Waals surface area contributed by atoms with E-state index in [0.29, 0.717) is 23.3 Å². The molecule has 4 N–H and O–H groups in total. The lowest BCUT2D eigenvalue weighted by molar-refractivity contribution is -0.129. The van der Waals surface area contributed by atoms with Crippen molar-refractivity contribution in [2.45, 2.75) is 35.3 Å². The fraction of sp³-hybridized carbons (Fsp3) is 0.308. The van der Waals surface area contributed by atoms with Crippen LogP contribution in [0, 0.1) is 0 Å². The number of sulfonamides is 1. The van der Waals surface area contributed by atoms with Gasteiger partial charge in [-0.25, -0.2) is 27.5 Å². The molecule has 0 aliphatic carbocycles. The van der Waals surface area contributed by atoms with Crippen LogP contribution in [-0.2, 0) is 42.2 Å². The van der Waals surface area contributed by atoms with Crippen molar-refractivity contribution in [3.63, 3.8) is 0 Å². The minimum absolute atomic E-state index is 0.00367. The largest absolute Gasteiger partial charge is 0.338 e. The first-order valence-corrected chi connectivity index (χ1v) is 16.2. The zero-order valence-corrected chi connectivity index (χ0v) is 23.4. The summed E-state index contributed by atoms with van der Waals surface area (Å²) in [5.41, 5.74) is 2.89. The van der Waals surface area contributed by atoms with Crippen LogP contribution >= 0.6 is 11.3 Å². The van der Waals surface area contributed by atoms with Gasteiger partial charge in [0.1, 0.15) is 4.75 Å². The summed E-state index contributed by atoms with van der Waals surface area (Å²) in [4.78, 5) is 28.3. The molecular formula is C26H29N3O7S3. The van der Waals surface area contributed by atoms with Gasteiger partial charge in [0, 0.05) is 28.4 Å². The minimum atomic E-state index is -3.93. The van der Waals surface area contributed by atoms with Gasteiger partial charge in [-0.05, 0) is 61.2 Å². The van der Waals surface area contributed by atoms with Crippen LogP contribution < -0.4 is 10.6 Å². The molecular weight excluding hydrogens is 563 g/mol. The number of aryl methyl sites for hydroxylation is 2. The third kappa shape index (κ3) is 6.39. The average molecular weight is 592 g/mol. The normalized spacial score (nSPS) is 19.3. The van der Waals surface area contributed by atoms with Gasteiger partial charge in [0.2, 0.25) is 15.9 Å². The van der Waals surface area contributed by atoms with Crippen molar-refractivity contribution in [2.75, 3.05) is 18.8 Å². The maximum Gasteiger partial charge on any atom is 0.253 e. The van der Waals surface area contributed by atoms with E-state index in [0.717, 1.165) is 10.4 Å². The van der Waals surface area contributed by atoms with Crippen LogP contribution in [0.5, 0.6) is 0 Å². The number of hydrogen-bond acceptors (Lipinski definition) is 8. The maximum absolute atomic E-state index is 13.7. The van der Waals surface area contributed by atoms with Crippen molar-refractivity contribution in [3.8, 4) is 0 Å². The number of benzene rings is 2. The first-order chi connectivity index (χ1) is 18.4. The van der Waals surface area contributed by atoms with Crippen LogP contribution in [0.25, 0.3) is 0 Å². The first-order valence-electron chi connectivity index (χ1n) is 12.2. The van der Waals surface area contributed by atoms with Gasteiger partial charge in [-0.2, -0.15) is 0 Å². The zero-order valence-electron chi connectivity index (χ0n) is 20.9. The molecule has 1 atom stereocenters. The number of thiophene rings is 1. The second kappa shape index (κ2) is 11.6. The van der Waals surface area contributed by atoms with E-state index in [1.165, 1.54) is 28.4 Å². The van der Waals surface area contributed by atoms with Crippen molar-refractivity contribution in [3.05, 3.63) is 87.6 Å². The molecule has 1 fully saturated rings. The summed E-state index contributed by atoms with van der Waals surface area (Å²) < 4.78 is 48.8. The Morgan fingerprint density at radius 3 is 2.33 bits per heavy atom. The van der Waals surface area contributed by atoms with Crippen molar-refractivity contribution in [2.24, 2.45) is 5.14 Å². The van der Waals surface area contributed by atoms with E-state index in [1.807, 2.05) is 6.07 Å². The molecule has 0 radical (unpaired) electrons. The lowest BCUT2D eigenvalue weighted by Crippen LogP contribution is -2.41. The molecule has 0 saturated carbocycles. The van der Waals surface area contributed by atoms with Gasteiger partial charge in [-0.3, -0.25) is 14.8 Å². The Balaban J connectivity index is 1.58. The summed E-state index contributed by atoms with van der Waals surface area (Å²) in [6.07, 6.45) is 0.645. The van der Waals surface area contributed by atoms with Crippen LogP contribution in [0.3, 0.4) is 0 Å². The number of carbonyl (C=O) groups is 2. The fourth-order valence-electron chi connectivity index (χ4n) is 4.71. The number of primary sulfonamides is 1. The molecule has 2 amide bonds. The molecule has 0 bridgehead atoms. The van der Waals surface area contributed by atoms with Gasteiger partial charge in [0.25, 0.3) is 5.91 Å². The molecule has 3 aromatic rings. The highest BCUT2D eigenvalue weighted by Crippen LogP contribution is 2.43. The predicted octanol–water partition coefficient (Wildman–Crippen LogP) is 2.23. The van der Waals surface area contributed by atoms with Gasteiger partial charge in [-0.15, -0.1) is 11.3 Å². The van der Waals surface area contributed by atoms with Gasteiger partial charge in [-0.1, -0.05) is 30.3 Å². The van der Waals surface area contributed by atoms with E-state index < -0.39 is 36.9 Å². The quantitative estimate of drug-likeness (QED) is 0.267. The molecule has 2 aromatic carbocycles. The van der Waals surface area contributed by atoms with Gasteiger partial charge < -0.3 is 4.90 Å². The molecule has 1 aromatic heterocycles. The molecule has 39 heavy (non-hydrogen) atoms. The highest BCUT2D eigenvalue weighted by atomic mass is 32.2. The third-order valence-electron chi connectivity index (χ3n) is 6.91. The van der Waals surface area contributed by atoms with E-state index in [-0.39, 0.29) is 36.1 Å². The second-order valence-corrected chi connectivity index (χ2v) is 14.5. The molecule has 13 heteroatoms. The molecule has 2 heterocycles. The number of hydrogen-bond donors (Lipinski definition) is 3. The van der Waals surface area contributed by atoms with E-state index >= 15 is 0 Å². The van der Waals surface area contributed by atoms with Crippen LogP contribution in [0.4, 0.5) is 0 Å². The zero-order chi connectivity index (χ0) is 28.3. The standard InChI is InChI=1S/C26H29N3O7S3/c27-39(35,36)22-11-7-19(8-12-22)6-9-21-10-13-23(37-21)26(18-24(30)28-32)14-15-29(16-17-38(26,33)34)25(31)20-4-2-1-3-5-20/h1-5,7-8,10-13,32H,6,9,14-18H2,(H,28,30)(H2,27,35,36). The van der Waals surface area contributed by atoms with Crippen LogP contribution in [0.15, 0.2) is 71.6 Å². The molecule has 1 saturated heterocycles. The van der Waals surface area contributed by atoms with Crippen molar-refractivity contribution < 1.29 is 31.6 Å². The number of hydroxylamine groups is 1. The Morgan fingerprint density at radius 2 is 1.69 bits per heavy atom. The fourth-order valence-corrected chi connectivity index (χ4v) is 8.83. The molecule has 10 nitrogen and oxygen atoms in total. The smallest absolute Gasteiger partial charge is 0.253 e. The van der Waals surface area contributed by atoms with Crippen molar-refractivity contribution in [1.82, 2.24) is 10.4 Å². The van der Waals surface area contributed by atoms with Crippen LogP contribution in [0.2, 0.25) is 0 Å². The average Bonchev–Trinajstić information content (AvgIpc) is 3.35. The number of nitrogens with one attached hydrogen (secondary N) is 1. The Bertz CT molecular complexity index is 1550. The summed E-state index contributed by atoms with van der Waals surface area (Å²) in [6.45, 7) is 0.112. The molecule has 1 aliphatic heterocycles. The summed E-state index contributed by atoms with van der Waals surface area (Å²) in [5, 5.41) is 14.4. The Morgan fingerprint density at radius 1 is 1.00 bits per heavy atom. The topological polar surface area (TPSA) is 164 Å². The van der Waals surface area contributed by atoms with Gasteiger partial charge >= 0.3 is 0 Å². The van der Waals surface area contributed by atoms with E-state index in [4.69, 9.17) is 5.14 Å². The number of carbonyl (C=O) groups excluding carboxylic acids is 2. The molecule has 1 unspecified atom stereocenters. The van der Waals surface area contributed by atoms with Crippen LogP contribution in [0.1, 0.15) is 38.5 Å². The number of nitrogens with zero attached hydrogens (tertiary/aromatic N) is 1. The van der Waals surface area contributed by atoms with Gasteiger partial charge in [0.05, 0.1) is 17.1 Å². The Labute approximate surface area is 231 Å². The minimum Gasteiger partial charge on any atom is -0.338 e. The summed E-state index contributed by atoms with van der Waals surface area (Å²) in [7, 11) is -7.71. The van der Waals surface area contributed by atoms with E-state index in [2.05, 4.69) is 0 Å². The number of rotatable bonds is 8. The third-order valence-corrected chi connectivity index (χ3v) is 11.8. The summed E-state index contributed by atoms with van der Waals surface area (Å²) in [6, 6.07) is 18.3. The van der Waals surface area contributed by atoms with Crippen molar-refractivity contribution in [1.29, 1.82) is 0 Å². The monoisotopic (exact) mass is 591 g/mol. The lowest BCUT2D eigenvalue weighted by atomic mass is 9.97. The number of amides is 2. The summed E-state index contributed by atoms with van der Waals surface area (Å²) in [5.74, 6) is -1.44. The molecule has 0 spiro atoms. The maximum atomic E-state index is 13.7. The molecule has 4 rings (SSSR count). The summed E-state index contributed by atoms with van der Waals surface area (Å²) >= 11 is 1.27. The SMILES string of the molecule is NS(=O)(=O)c1ccc(CCc2ccc(C3(CC(=O)NO)CCN(C(=O)c4ccccc4)CCS3(=O)=O)s2)cc1. The van der Waals surface area contributed by atoms with Gasteiger partial charge in [0.15, 0.2) is 9.84 Å². The molecule has 208 valence electrons. The second-order valence-electron chi connectivity index (χ2n) is 9.39. The van der Waals surface area contributed by atoms with Crippen molar-refractivity contribution >= 4 is 43.0 Å². The van der Waals surface area contributed by atoms with Crippen LogP contribution in [-0.4, -0.2) is 57.6 Å². The van der Waals surface area contributed by atoms with E-state index in [1.54, 1.807) is 54.0 Å². The first kappa shape index (κ1) is 28.9. The Kier molecular flexibility index (Phi) is 8.57. The molecule has 1 aliphatic rings. The van der Waals surface area contributed by atoms with E-state index in [9.17, 15) is 31.6 Å².